The number of carbonyl (C=O) groups is 2. The van der Waals surface area contributed by atoms with E-state index in [9.17, 15) is 9.59 Å². The van der Waals surface area contributed by atoms with Gasteiger partial charge in [-0.15, -0.1) is 0 Å². The van der Waals surface area contributed by atoms with Crippen molar-refractivity contribution in [3.8, 4) is 11.1 Å². The number of amides is 1. The molecule has 2 atom stereocenters. The summed E-state index contributed by atoms with van der Waals surface area (Å²) in [5.41, 5.74) is 2.90. The topological polar surface area (TPSA) is 55.8 Å². The highest BCUT2D eigenvalue weighted by Crippen LogP contribution is 2.33. The zero-order chi connectivity index (χ0) is 18.7. The molecule has 1 aliphatic heterocycles. The minimum Gasteiger partial charge on any atom is -0.449 e. The molecule has 2 aromatic carbocycles. The van der Waals surface area contributed by atoms with Crippen LogP contribution in [0.15, 0.2) is 54.6 Å². The summed E-state index contributed by atoms with van der Waals surface area (Å²) in [7, 11) is 0. The molecule has 0 radical (unpaired) electrons. The monoisotopic (exact) mass is 353 g/mol. The van der Waals surface area contributed by atoms with E-state index in [1.165, 1.54) is 4.90 Å². The van der Waals surface area contributed by atoms with Crippen molar-refractivity contribution in [1.29, 1.82) is 0 Å². The third-order valence-electron chi connectivity index (χ3n) is 4.29. The van der Waals surface area contributed by atoms with Gasteiger partial charge in [0, 0.05) is 5.56 Å². The van der Waals surface area contributed by atoms with E-state index < -0.39 is 24.3 Å². The normalized spacial score (nSPS) is 19.5. The van der Waals surface area contributed by atoms with E-state index in [0.29, 0.717) is 6.61 Å². The van der Waals surface area contributed by atoms with Crippen molar-refractivity contribution in [3.05, 3.63) is 60.2 Å². The molecule has 26 heavy (non-hydrogen) atoms. The molecule has 0 aromatic heterocycles. The molecule has 0 N–H and O–H groups in total. The third kappa shape index (κ3) is 3.72. The van der Waals surface area contributed by atoms with Gasteiger partial charge in [-0.2, -0.15) is 0 Å². The summed E-state index contributed by atoms with van der Waals surface area (Å²) >= 11 is 0. The van der Waals surface area contributed by atoms with Crippen LogP contribution in [0.3, 0.4) is 0 Å². The number of carbonyl (C=O) groups excluding carboxylic acids is 2. The van der Waals surface area contributed by atoms with Gasteiger partial charge in [0.15, 0.2) is 0 Å². The van der Waals surface area contributed by atoms with Gasteiger partial charge < -0.3 is 9.47 Å². The summed E-state index contributed by atoms with van der Waals surface area (Å²) in [6.45, 7) is 5.87. The number of hydrogen-bond donors (Lipinski definition) is 0. The molecule has 1 heterocycles. The van der Waals surface area contributed by atoms with Crippen LogP contribution in [0.4, 0.5) is 4.79 Å². The van der Waals surface area contributed by atoms with Crippen LogP contribution in [-0.2, 0) is 14.3 Å². The molecule has 2 aromatic rings. The maximum absolute atomic E-state index is 12.4. The molecule has 1 fully saturated rings. The number of esters is 1. The number of ether oxygens (including phenoxy) is 2. The fourth-order valence-corrected chi connectivity index (χ4v) is 2.85. The lowest BCUT2D eigenvalue weighted by Crippen LogP contribution is -2.38. The van der Waals surface area contributed by atoms with Gasteiger partial charge in [0.25, 0.3) is 0 Å². The molecule has 0 saturated carbocycles. The Kier molecular flexibility index (Phi) is 5.26. The zero-order valence-corrected chi connectivity index (χ0v) is 15.2. The Morgan fingerprint density at radius 1 is 1.08 bits per heavy atom. The number of cyclic esters (lactones) is 1. The molecule has 0 spiro atoms. The van der Waals surface area contributed by atoms with Crippen LogP contribution in [0.25, 0.3) is 11.1 Å². The van der Waals surface area contributed by atoms with Gasteiger partial charge in [0.1, 0.15) is 6.04 Å². The fourth-order valence-electron chi connectivity index (χ4n) is 2.85. The second-order valence-electron chi connectivity index (χ2n) is 6.83. The zero-order valence-electron chi connectivity index (χ0n) is 15.2. The van der Waals surface area contributed by atoms with Crippen LogP contribution >= 0.6 is 0 Å². The highest BCUT2D eigenvalue weighted by molar-refractivity contribution is 5.84. The Hall–Kier alpha value is -2.82. The van der Waals surface area contributed by atoms with Gasteiger partial charge in [0.05, 0.1) is 6.61 Å². The third-order valence-corrected chi connectivity index (χ3v) is 4.29. The summed E-state index contributed by atoms with van der Waals surface area (Å²) in [5, 5.41) is 0. The summed E-state index contributed by atoms with van der Waals surface area (Å²) in [5.74, 6) is -0.208. The van der Waals surface area contributed by atoms with Crippen molar-refractivity contribution in [2.45, 2.75) is 33.0 Å². The Balaban J connectivity index is 1.81. The van der Waals surface area contributed by atoms with Gasteiger partial charge >= 0.3 is 12.1 Å². The fraction of sp³-hybridized carbons (Fsp3) is 0.333. The average Bonchev–Trinajstić information content (AvgIpc) is 2.95. The molecule has 1 amide bonds. The lowest BCUT2D eigenvalue weighted by Gasteiger charge is -2.24. The Morgan fingerprint density at radius 2 is 1.69 bits per heavy atom. The summed E-state index contributed by atoms with van der Waals surface area (Å²) < 4.78 is 10.7. The maximum Gasteiger partial charge on any atom is 0.413 e. The van der Waals surface area contributed by atoms with Gasteiger partial charge in [0.2, 0.25) is 6.23 Å². The van der Waals surface area contributed by atoms with Crippen LogP contribution in [0.5, 0.6) is 0 Å². The van der Waals surface area contributed by atoms with Crippen LogP contribution in [0, 0.1) is 5.92 Å². The molecule has 1 saturated heterocycles. The molecular weight excluding hydrogens is 330 g/mol. The average molecular weight is 353 g/mol. The summed E-state index contributed by atoms with van der Waals surface area (Å²) in [6.07, 6.45) is -1.30. The molecule has 0 unspecified atom stereocenters. The van der Waals surface area contributed by atoms with Crippen LogP contribution in [-0.4, -0.2) is 29.6 Å². The first kappa shape index (κ1) is 18.0. The summed E-state index contributed by atoms with van der Waals surface area (Å²) in [4.78, 5) is 25.8. The van der Waals surface area contributed by atoms with Crippen molar-refractivity contribution >= 4 is 12.1 Å². The van der Waals surface area contributed by atoms with E-state index in [1.807, 2.05) is 68.4 Å². The Labute approximate surface area is 153 Å². The first-order valence-electron chi connectivity index (χ1n) is 8.78. The molecular formula is C21H23NO4. The van der Waals surface area contributed by atoms with E-state index in [4.69, 9.17) is 9.47 Å². The molecule has 0 aliphatic carbocycles. The van der Waals surface area contributed by atoms with E-state index in [2.05, 4.69) is 0 Å². The van der Waals surface area contributed by atoms with Gasteiger partial charge in [-0.25, -0.2) is 9.59 Å². The number of nitrogens with zero attached hydrogens (tertiary/aromatic N) is 1. The quantitative estimate of drug-likeness (QED) is 0.765. The van der Waals surface area contributed by atoms with Crippen LogP contribution in [0.2, 0.25) is 0 Å². The van der Waals surface area contributed by atoms with E-state index >= 15 is 0 Å². The molecule has 5 nitrogen and oxygen atoms in total. The second-order valence-corrected chi connectivity index (χ2v) is 6.83. The first-order valence-corrected chi connectivity index (χ1v) is 8.78. The molecule has 136 valence electrons. The minimum absolute atomic E-state index is 0.220. The van der Waals surface area contributed by atoms with Crippen molar-refractivity contribution in [3.63, 3.8) is 0 Å². The molecule has 1 aliphatic rings. The van der Waals surface area contributed by atoms with Crippen LogP contribution < -0.4 is 0 Å². The van der Waals surface area contributed by atoms with Crippen molar-refractivity contribution in [2.75, 3.05) is 6.61 Å². The van der Waals surface area contributed by atoms with Crippen molar-refractivity contribution in [1.82, 2.24) is 4.90 Å². The van der Waals surface area contributed by atoms with Gasteiger partial charge in [-0.05, 0) is 24.0 Å². The first-order chi connectivity index (χ1) is 12.5. The largest absolute Gasteiger partial charge is 0.449 e. The van der Waals surface area contributed by atoms with Gasteiger partial charge in [-0.3, -0.25) is 4.90 Å². The van der Waals surface area contributed by atoms with E-state index in [-0.39, 0.29) is 5.92 Å². The lowest BCUT2D eigenvalue weighted by molar-refractivity contribution is -0.142. The predicted molar refractivity (Wildman–Crippen MR) is 98.2 cm³/mol. The predicted octanol–water partition coefficient (Wildman–Crippen LogP) is 4.39. The van der Waals surface area contributed by atoms with Crippen molar-refractivity contribution in [2.24, 2.45) is 5.92 Å². The minimum atomic E-state index is -0.762. The van der Waals surface area contributed by atoms with Crippen molar-refractivity contribution < 1.29 is 19.1 Å². The van der Waals surface area contributed by atoms with E-state index in [1.54, 1.807) is 6.92 Å². The standard InChI is InChI=1S/C21H23NO4/c1-14(2)13-25-21(24)22-15(3)20(23)26-19(22)18-11-9-17(10-12-18)16-7-5-4-6-8-16/h4-12,14-15,19H,13H2,1-3H3/t15-,19+/m0/s1. The number of benzene rings is 2. The highest BCUT2D eigenvalue weighted by Gasteiger charge is 2.44. The molecule has 3 rings (SSSR count). The van der Waals surface area contributed by atoms with Gasteiger partial charge in [-0.1, -0.05) is 68.4 Å². The Bertz CT molecular complexity index is 770. The molecule has 5 heteroatoms. The smallest absolute Gasteiger partial charge is 0.413 e. The van der Waals surface area contributed by atoms with Crippen LogP contribution in [0.1, 0.15) is 32.6 Å². The lowest BCUT2D eigenvalue weighted by atomic mass is 10.0. The maximum atomic E-state index is 12.4. The number of rotatable bonds is 4. The highest BCUT2D eigenvalue weighted by atomic mass is 16.6. The van der Waals surface area contributed by atoms with E-state index in [0.717, 1.165) is 16.7 Å². The second kappa shape index (κ2) is 7.60. The summed E-state index contributed by atoms with van der Waals surface area (Å²) in [6, 6.07) is 17.0. The number of hydrogen-bond acceptors (Lipinski definition) is 4. The SMILES string of the molecule is CC(C)COC(=O)N1[C@@H](c2ccc(-c3ccccc3)cc2)OC(=O)[C@@H]1C. The molecule has 0 bridgehead atoms. The Morgan fingerprint density at radius 3 is 2.31 bits per heavy atom.